The second kappa shape index (κ2) is 31.6. The second-order valence-corrected chi connectivity index (χ2v) is 21.0. The third-order valence-corrected chi connectivity index (χ3v) is 14.7. The van der Waals surface area contributed by atoms with Crippen LogP contribution >= 0.6 is 54.5 Å². The topological polar surface area (TPSA) is 40.6 Å². The lowest BCUT2D eigenvalue weighted by Gasteiger charge is -2.29. The van der Waals surface area contributed by atoms with Crippen LogP contribution in [0.15, 0.2) is 43.0 Å². The molecule has 0 N–H and O–H groups in total. The molecule has 2 aromatic rings. The van der Waals surface area contributed by atoms with Crippen molar-refractivity contribution < 1.29 is 9.59 Å². The highest BCUT2D eigenvalue weighted by Crippen LogP contribution is 2.45. The van der Waals surface area contributed by atoms with Crippen molar-refractivity contribution in [2.75, 3.05) is 13.1 Å². The van der Waals surface area contributed by atoms with Crippen LogP contribution in [0, 0.1) is 11.8 Å². The fourth-order valence-electron chi connectivity index (χ4n) is 8.30. The molecule has 0 radical (unpaired) electrons. The van der Waals surface area contributed by atoms with Crippen molar-refractivity contribution in [2.24, 2.45) is 11.8 Å². The molecule has 0 spiro atoms. The Hall–Kier alpha value is -1.22. The first-order chi connectivity index (χ1) is 27.8. The summed E-state index contributed by atoms with van der Waals surface area (Å²) in [6.07, 6.45) is 30.8. The largest absolute Gasteiger partial charge is 0.313 e. The fourth-order valence-corrected chi connectivity index (χ4v) is 11.3. The molecule has 8 heteroatoms. The maximum Gasteiger partial charge on any atom is 0.260 e. The molecule has 2 amide bonds. The van der Waals surface area contributed by atoms with Gasteiger partial charge in [0.2, 0.25) is 6.41 Å². The SMILES string of the molecule is CC.CCCCCCCCC(CCCCCC)CN1C(=O)/C(=C(\c2ccc(Br)s2)N(C=O)CC(CCCCCC)CCCCCCCC)C(C)=C1c1ccc(Br)s1. The minimum absolute atomic E-state index is 0.0559. The van der Waals surface area contributed by atoms with Gasteiger partial charge in [0.15, 0.2) is 0 Å². The van der Waals surface area contributed by atoms with E-state index in [9.17, 15) is 4.79 Å². The van der Waals surface area contributed by atoms with Crippen molar-refractivity contribution >= 4 is 78.2 Å². The van der Waals surface area contributed by atoms with E-state index in [0.717, 1.165) is 72.9 Å². The summed E-state index contributed by atoms with van der Waals surface area (Å²) < 4.78 is 2.07. The summed E-state index contributed by atoms with van der Waals surface area (Å²) in [6, 6.07) is 8.41. The van der Waals surface area contributed by atoms with Crippen molar-refractivity contribution in [3.63, 3.8) is 0 Å². The van der Waals surface area contributed by atoms with Gasteiger partial charge >= 0.3 is 0 Å². The molecule has 57 heavy (non-hydrogen) atoms. The third kappa shape index (κ3) is 18.5. The number of nitrogens with zero attached hydrogens (tertiary/aromatic N) is 2. The predicted molar refractivity (Wildman–Crippen MR) is 260 cm³/mol. The second-order valence-electron chi connectivity index (χ2n) is 16.1. The minimum atomic E-state index is 0.0559. The Morgan fingerprint density at radius 1 is 0.649 bits per heavy atom. The van der Waals surface area contributed by atoms with E-state index in [1.807, 2.05) is 18.7 Å². The summed E-state index contributed by atoms with van der Waals surface area (Å²) in [5.74, 6) is 0.908. The van der Waals surface area contributed by atoms with Gasteiger partial charge in [-0.15, -0.1) is 22.7 Å². The van der Waals surface area contributed by atoms with Crippen LogP contribution in [0.5, 0.6) is 0 Å². The Bertz CT molecular complexity index is 1450. The zero-order valence-corrected chi connectivity index (χ0v) is 42.0. The van der Waals surface area contributed by atoms with Gasteiger partial charge < -0.3 is 9.80 Å². The smallest absolute Gasteiger partial charge is 0.260 e. The first-order valence-corrected chi connectivity index (χ1v) is 26.5. The monoisotopic (exact) mass is 950 g/mol. The molecule has 0 saturated carbocycles. The molecule has 3 rings (SSSR count). The van der Waals surface area contributed by atoms with E-state index >= 15 is 4.79 Å². The molecule has 0 aromatic carbocycles. The summed E-state index contributed by atoms with van der Waals surface area (Å²) in [4.78, 5) is 34.7. The Kier molecular flexibility index (Phi) is 28.8. The van der Waals surface area contributed by atoms with Gasteiger partial charge in [0.25, 0.3) is 5.91 Å². The van der Waals surface area contributed by atoms with E-state index in [0.29, 0.717) is 24.0 Å². The van der Waals surface area contributed by atoms with E-state index in [-0.39, 0.29) is 5.91 Å². The molecule has 0 bridgehead atoms. The minimum Gasteiger partial charge on any atom is -0.313 e. The van der Waals surface area contributed by atoms with Crippen LogP contribution in [0.4, 0.5) is 0 Å². The van der Waals surface area contributed by atoms with Crippen molar-refractivity contribution in [3.05, 3.63) is 52.7 Å². The molecule has 1 aliphatic heterocycles. The number of amides is 2. The van der Waals surface area contributed by atoms with E-state index in [4.69, 9.17) is 0 Å². The number of carbonyl (C=O) groups excluding carboxylic acids is 2. The van der Waals surface area contributed by atoms with Crippen molar-refractivity contribution in [3.8, 4) is 0 Å². The van der Waals surface area contributed by atoms with Crippen LogP contribution < -0.4 is 0 Å². The van der Waals surface area contributed by atoms with Crippen LogP contribution in [0.25, 0.3) is 11.4 Å². The molecule has 0 saturated heterocycles. The number of thiophene rings is 2. The highest BCUT2D eigenvalue weighted by molar-refractivity contribution is 9.11. The number of hydrogen-bond donors (Lipinski definition) is 0. The Labute approximate surface area is 375 Å². The quantitative estimate of drug-likeness (QED) is 0.0416. The molecular weight excluding hydrogens is 872 g/mol. The van der Waals surface area contributed by atoms with Crippen LogP contribution in [-0.4, -0.2) is 35.2 Å². The maximum atomic E-state index is 15.2. The number of unbranched alkanes of at least 4 members (excludes halogenated alkanes) is 16. The van der Waals surface area contributed by atoms with Crippen LogP contribution in [0.3, 0.4) is 0 Å². The highest BCUT2D eigenvalue weighted by atomic mass is 79.9. The number of carbonyl (C=O) groups is 2. The van der Waals surface area contributed by atoms with Gasteiger partial charge in [-0.1, -0.05) is 170 Å². The van der Waals surface area contributed by atoms with Gasteiger partial charge in [0.05, 0.1) is 34.3 Å². The lowest BCUT2D eigenvalue weighted by molar-refractivity contribution is -0.123. The molecule has 1 aliphatic rings. The Morgan fingerprint density at radius 3 is 1.53 bits per heavy atom. The van der Waals surface area contributed by atoms with Crippen LogP contribution in [-0.2, 0) is 9.59 Å². The van der Waals surface area contributed by atoms with Gasteiger partial charge in [0, 0.05) is 13.1 Å². The predicted octanol–water partition coefficient (Wildman–Crippen LogP) is 17.5. The van der Waals surface area contributed by atoms with Crippen LogP contribution in [0.2, 0.25) is 0 Å². The first kappa shape index (κ1) is 51.9. The van der Waals surface area contributed by atoms with Crippen molar-refractivity contribution in [1.82, 2.24) is 9.80 Å². The van der Waals surface area contributed by atoms with Gasteiger partial charge in [0.1, 0.15) is 0 Å². The Morgan fingerprint density at radius 2 is 1.09 bits per heavy atom. The number of halogens is 2. The number of hydrogen-bond acceptors (Lipinski definition) is 4. The lowest BCUT2D eigenvalue weighted by atomic mass is 9.93. The van der Waals surface area contributed by atoms with E-state index in [2.05, 4.69) is 95.6 Å². The average Bonchev–Trinajstić information content (AvgIpc) is 3.91. The molecule has 2 atom stereocenters. The van der Waals surface area contributed by atoms with Crippen LogP contribution in [0.1, 0.15) is 212 Å². The zero-order chi connectivity index (χ0) is 41.8. The van der Waals surface area contributed by atoms with Gasteiger partial charge in [-0.05, 0) is 106 Å². The van der Waals surface area contributed by atoms with E-state index in [1.54, 1.807) is 22.7 Å². The summed E-state index contributed by atoms with van der Waals surface area (Å²) in [7, 11) is 0. The molecule has 2 unspecified atom stereocenters. The normalized spacial score (nSPS) is 14.9. The molecule has 3 heterocycles. The zero-order valence-electron chi connectivity index (χ0n) is 37.2. The molecule has 0 aliphatic carbocycles. The lowest BCUT2D eigenvalue weighted by Crippen LogP contribution is -2.33. The highest BCUT2D eigenvalue weighted by Gasteiger charge is 2.39. The van der Waals surface area contributed by atoms with Gasteiger partial charge in [-0.2, -0.15) is 0 Å². The number of rotatable bonds is 32. The fraction of sp³-hybridized carbons (Fsp3) is 0.714. The molecule has 4 nitrogen and oxygen atoms in total. The summed E-state index contributed by atoms with van der Waals surface area (Å²) >= 11 is 10.8. The third-order valence-electron chi connectivity index (χ3n) is 11.5. The average molecular weight is 953 g/mol. The molecule has 2 aromatic heterocycles. The standard InChI is InChI=1S/C47H74Br2N2O2S2.C2H6/c1-6-10-14-18-20-24-27-38(26-22-16-12-8-3)34-50(36-52)46(41-31-33-43(49)55-41)44-37(5)45(40-30-32-42(48)54-40)51(47(44)53)35-39(28-23-17-13-9-4)29-25-21-19-15-11-7-2;1-2/h30-33,36,38-39H,6-29,34-35H2,1-5H3;1-2H3/b46-44+;. The van der Waals surface area contributed by atoms with E-state index < -0.39 is 0 Å². The molecule has 324 valence electrons. The summed E-state index contributed by atoms with van der Waals surface area (Å²) in [5, 5.41) is 0. The summed E-state index contributed by atoms with van der Waals surface area (Å²) in [5.41, 5.74) is 3.51. The molecule has 0 fully saturated rings. The van der Waals surface area contributed by atoms with Gasteiger partial charge in [-0.25, -0.2) is 0 Å². The maximum absolute atomic E-state index is 15.2. The van der Waals surface area contributed by atoms with Crippen molar-refractivity contribution in [2.45, 2.75) is 203 Å². The summed E-state index contributed by atoms with van der Waals surface area (Å²) in [6.45, 7) is 16.6. The van der Waals surface area contributed by atoms with Gasteiger partial charge in [-0.3, -0.25) is 9.59 Å². The molecular formula is C49H80Br2N2O2S2. The first-order valence-electron chi connectivity index (χ1n) is 23.3. The van der Waals surface area contributed by atoms with Crippen molar-refractivity contribution in [1.29, 1.82) is 0 Å². The van der Waals surface area contributed by atoms with E-state index in [1.165, 1.54) is 128 Å². The Balaban J connectivity index is 0.00000551.